The summed E-state index contributed by atoms with van der Waals surface area (Å²) in [6, 6.07) is 12.0. The van der Waals surface area contributed by atoms with E-state index in [9.17, 15) is 5.11 Å². The van der Waals surface area contributed by atoms with E-state index in [1.54, 1.807) is 0 Å². The zero-order valence-corrected chi connectivity index (χ0v) is 9.35. The molecule has 0 aliphatic heterocycles. The number of benzene rings is 1. The number of anilines is 1. The summed E-state index contributed by atoms with van der Waals surface area (Å²) in [7, 11) is 0. The second kappa shape index (κ2) is 4.94. The molecule has 0 saturated heterocycles. The Morgan fingerprint density at radius 3 is 2.88 bits per heavy atom. The van der Waals surface area contributed by atoms with Crippen LogP contribution < -0.4 is 5.32 Å². The Hall–Kier alpha value is -1.61. The molecule has 0 bridgehead atoms. The van der Waals surface area contributed by atoms with E-state index in [-0.39, 0.29) is 6.10 Å². The maximum absolute atomic E-state index is 9.44. The van der Waals surface area contributed by atoms with Gasteiger partial charge in [0.25, 0.3) is 0 Å². The highest BCUT2D eigenvalue weighted by Crippen LogP contribution is 2.14. The summed E-state index contributed by atoms with van der Waals surface area (Å²) < 4.78 is 0. The van der Waals surface area contributed by atoms with Crippen LogP contribution in [0.15, 0.2) is 36.4 Å². The Balaban J connectivity index is 2.13. The molecule has 2 aromatic rings. The van der Waals surface area contributed by atoms with Crippen LogP contribution in [0.25, 0.3) is 10.9 Å². The average molecular weight is 216 g/mol. The van der Waals surface area contributed by atoms with Gasteiger partial charge in [-0.3, -0.25) is 0 Å². The van der Waals surface area contributed by atoms with Gasteiger partial charge in [0, 0.05) is 11.9 Å². The summed E-state index contributed by atoms with van der Waals surface area (Å²) in [4.78, 5) is 4.46. The number of aliphatic hydroxyl groups is 1. The molecule has 0 spiro atoms. The van der Waals surface area contributed by atoms with Gasteiger partial charge in [0.1, 0.15) is 5.82 Å². The first-order valence-corrected chi connectivity index (χ1v) is 5.57. The number of hydrogen-bond donors (Lipinski definition) is 2. The molecule has 1 aromatic heterocycles. The van der Waals surface area contributed by atoms with E-state index in [0.717, 1.165) is 23.1 Å². The number of pyridine rings is 1. The summed E-state index contributed by atoms with van der Waals surface area (Å²) in [5.74, 6) is 0.811. The van der Waals surface area contributed by atoms with Crippen LogP contribution in [-0.2, 0) is 0 Å². The second-order valence-electron chi connectivity index (χ2n) is 3.83. The van der Waals surface area contributed by atoms with Crippen LogP contribution in [0, 0.1) is 0 Å². The van der Waals surface area contributed by atoms with Crippen LogP contribution in [-0.4, -0.2) is 22.7 Å². The zero-order chi connectivity index (χ0) is 11.4. The van der Waals surface area contributed by atoms with Crippen molar-refractivity contribution >= 4 is 16.7 Å². The smallest absolute Gasteiger partial charge is 0.126 e. The standard InChI is InChI=1S/C13H16N2O/c1-2-11(16)9-14-13-8-7-10-5-3-4-6-12(10)15-13/h3-8,11,16H,2,9H2,1H3,(H,14,15). The first-order chi connectivity index (χ1) is 7.79. The van der Waals surface area contributed by atoms with Crippen molar-refractivity contribution < 1.29 is 5.11 Å². The lowest BCUT2D eigenvalue weighted by atomic mass is 10.2. The maximum atomic E-state index is 9.44. The van der Waals surface area contributed by atoms with Crippen LogP contribution in [0.5, 0.6) is 0 Å². The molecule has 1 aromatic carbocycles. The minimum absolute atomic E-state index is 0.312. The molecule has 0 aliphatic rings. The van der Waals surface area contributed by atoms with Gasteiger partial charge in [0.2, 0.25) is 0 Å². The fraction of sp³-hybridized carbons (Fsp3) is 0.308. The topological polar surface area (TPSA) is 45.1 Å². The van der Waals surface area contributed by atoms with Gasteiger partial charge in [0.05, 0.1) is 11.6 Å². The highest BCUT2D eigenvalue weighted by atomic mass is 16.3. The summed E-state index contributed by atoms with van der Waals surface area (Å²) in [5, 5.41) is 13.7. The molecule has 0 aliphatic carbocycles. The van der Waals surface area contributed by atoms with E-state index >= 15 is 0 Å². The van der Waals surface area contributed by atoms with Gasteiger partial charge in [-0.05, 0) is 24.6 Å². The van der Waals surface area contributed by atoms with E-state index in [4.69, 9.17) is 0 Å². The van der Waals surface area contributed by atoms with Gasteiger partial charge < -0.3 is 10.4 Å². The van der Waals surface area contributed by atoms with Crippen molar-refractivity contribution in [1.29, 1.82) is 0 Å². The molecule has 1 unspecified atom stereocenters. The molecule has 2 N–H and O–H groups in total. The van der Waals surface area contributed by atoms with E-state index in [2.05, 4.69) is 10.3 Å². The largest absolute Gasteiger partial charge is 0.391 e. The summed E-state index contributed by atoms with van der Waals surface area (Å²) in [6.07, 6.45) is 0.439. The molecule has 2 rings (SSSR count). The molecule has 0 saturated carbocycles. The Morgan fingerprint density at radius 1 is 1.25 bits per heavy atom. The number of nitrogens with one attached hydrogen (secondary N) is 1. The van der Waals surface area contributed by atoms with Gasteiger partial charge in [-0.2, -0.15) is 0 Å². The van der Waals surface area contributed by atoms with Crippen LogP contribution in [0.2, 0.25) is 0 Å². The molecule has 0 fully saturated rings. The van der Waals surface area contributed by atoms with Gasteiger partial charge in [-0.15, -0.1) is 0 Å². The van der Waals surface area contributed by atoms with E-state index < -0.39 is 0 Å². The molecule has 3 heteroatoms. The Labute approximate surface area is 95.1 Å². The van der Waals surface area contributed by atoms with E-state index in [1.165, 1.54) is 0 Å². The summed E-state index contributed by atoms with van der Waals surface area (Å²) in [5.41, 5.74) is 0.971. The van der Waals surface area contributed by atoms with Crippen molar-refractivity contribution in [3.8, 4) is 0 Å². The second-order valence-corrected chi connectivity index (χ2v) is 3.83. The molecule has 1 atom stereocenters. The highest BCUT2D eigenvalue weighted by molar-refractivity contribution is 5.79. The number of hydrogen-bond acceptors (Lipinski definition) is 3. The van der Waals surface area contributed by atoms with Crippen molar-refractivity contribution in [1.82, 2.24) is 4.98 Å². The zero-order valence-electron chi connectivity index (χ0n) is 9.35. The number of aromatic nitrogens is 1. The monoisotopic (exact) mass is 216 g/mol. The molecular formula is C13H16N2O. The highest BCUT2D eigenvalue weighted by Gasteiger charge is 2.01. The van der Waals surface area contributed by atoms with Crippen LogP contribution in [0.3, 0.4) is 0 Å². The fourth-order valence-corrected chi connectivity index (χ4v) is 1.53. The molecular weight excluding hydrogens is 200 g/mol. The first-order valence-electron chi connectivity index (χ1n) is 5.57. The molecule has 16 heavy (non-hydrogen) atoms. The minimum atomic E-state index is -0.312. The number of rotatable bonds is 4. The van der Waals surface area contributed by atoms with Crippen molar-refractivity contribution in [3.63, 3.8) is 0 Å². The number of nitrogens with zero attached hydrogens (tertiary/aromatic N) is 1. The normalized spacial score (nSPS) is 12.6. The molecule has 0 radical (unpaired) electrons. The lowest BCUT2D eigenvalue weighted by molar-refractivity contribution is 0.183. The minimum Gasteiger partial charge on any atom is -0.391 e. The lowest BCUT2D eigenvalue weighted by Crippen LogP contribution is -2.18. The van der Waals surface area contributed by atoms with Crippen LogP contribution >= 0.6 is 0 Å². The third-order valence-electron chi connectivity index (χ3n) is 2.59. The average Bonchev–Trinajstić information content (AvgIpc) is 2.35. The van der Waals surface area contributed by atoms with Gasteiger partial charge in [0.15, 0.2) is 0 Å². The Morgan fingerprint density at radius 2 is 2.06 bits per heavy atom. The van der Waals surface area contributed by atoms with Gasteiger partial charge in [-0.25, -0.2) is 4.98 Å². The van der Waals surface area contributed by atoms with Gasteiger partial charge in [-0.1, -0.05) is 25.1 Å². The lowest BCUT2D eigenvalue weighted by Gasteiger charge is -2.10. The number of fused-ring (bicyclic) bond motifs is 1. The van der Waals surface area contributed by atoms with Crippen LogP contribution in [0.1, 0.15) is 13.3 Å². The van der Waals surface area contributed by atoms with E-state index in [1.807, 2.05) is 43.3 Å². The predicted octanol–water partition coefficient (Wildman–Crippen LogP) is 2.42. The molecule has 0 amide bonds. The number of aliphatic hydroxyl groups excluding tert-OH is 1. The third-order valence-corrected chi connectivity index (χ3v) is 2.59. The van der Waals surface area contributed by atoms with Crippen molar-refractivity contribution in [2.45, 2.75) is 19.4 Å². The maximum Gasteiger partial charge on any atom is 0.126 e. The summed E-state index contributed by atoms with van der Waals surface area (Å²) in [6.45, 7) is 2.50. The Bertz CT molecular complexity index is 470. The van der Waals surface area contributed by atoms with Gasteiger partial charge >= 0.3 is 0 Å². The van der Waals surface area contributed by atoms with Crippen molar-refractivity contribution in [2.75, 3.05) is 11.9 Å². The molecule has 3 nitrogen and oxygen atoms in total. The molecule has 84 valence electrons. The third kappa shape index (κ3) is 2.49. The van der Waals surface area contributed by atoms with Crippen LogP contribution in [0.4, 0.5) is 5.82 Å². The van der Waals surface area contributed by atoms with Crippen molar-refractivity contribution in [2.24, 2.45) is 0 Å². The summed E-state index contributed by atoms with van der Waals surface area (Å²) >= 11 is 0. The SMILES string of the molecule is CCC(O)CNc1ccc2ccccc2n1. The molecule has 1 heterocycles. The number of para-hydroxylation sites is 1. The Kier molecular flexibility index (Phi) is 3.37. The van der Waals surface area contributed by atoms with Crippen molar-refractivity contribution in [3.05, 3.63) is 36.4 Å². The predicted molar refractivity (Wildman–Crippen MR) is 66.5 cm³/mol. The fourth-order valence-electron chi connectivity index (χ4n) is 1.53. The quantitative estimate of drug-likeness (QED) is 0.825. The first kappa shape index (κ1) is 10.9. The van der Waals surface area contributed by atoms with E-state index in [0.29, 0.717) is 6.54 Å².